The number of benzene rings is 1. The van der Waals surface area contributed by atoms with Gasteiger partial charge in [0, 0.05) is 18.5 Å². The number of nitrogens with one attached hydrogen (secondary N) is 1. The molecular weight excluding hydrogens is 360 g/mol. The molecule has 27 heavy (non-hydrogen) atoms. The van der Waals surface area contributed by atoms with E-state index in [-0.39, 0.29) is 11.4 Å². The number of rotatable bonds is 7. The molecule has 4 bridgehead atoms. The molecule has 1 aromatic carbocycles. The van der Waals surface area contributed by atoms with Gasteiger partial charge in [0.25, 0.3) is 0 Å². The van der Waals surface area contributed by atoms with Gasteiger partial charge < -0.3 is 5.32 Å². The van der Waals surface area contributed by atoms with Crippen molar-refractivity contribution in [2.45, 2.75) is 56.9 Å². The molecular formula is C21H30N2O3S. The van der Waals surface area contributed by atoms with Crippen molar-refractivity contribution >= 4 is 21.6 Å². The van der Waals surface area contributed by atoms with Crippen LogP contribution in [-0.2, 0) is 14.8 Å². The van der Waals surface area contributed by atoms with E-state index in [0.29, 0.717) is 25.1 Å². The average Bonchev–Trinajstić information content (AvgIpc) is 2.56. The van der Waals surface area contributed by atoms with Crippen LogP contribution in [0.1, 0.15) is 51.4 Å². The lowest BCUT2D eigenvalue weighted by molar-refractivity contribution is -0.126. The van der Waals surface area contributed by atoms with E-state index in [1.54, 1.807) is 12.1 Å². The van der Waals surface area contributed by atoms with E-state index < -0.39 is 10.0 Å². The normalized spacial score (nSPS) is 31.7. The molecule has 148 valence electrons. The van der Waals surface area contributed by atoms with Crippen LogP contribution in [0.5, 0.6) is 0 Å². The number of hydrogen-bond acceptors (Lipinski definition) is 3. The van der Waals surface area contributed by atoms with E-state index in [1.807, 2.05) is 18.2 Å². The lowest BCUT2D eigenvalue weighted by Gasteiger charge is -2.56. The molecule has 4 saturated carbocycles. The summed E-state index contributed by atoms with van der Waals surface area (Å²) >= 11 is 0. The van der Waals surface area contributed by atoms with Crippen LogP contribution in [0.2, 0.25) is 0 Å². The zero-order valence-corrected chi connectivity index (χ0v) is 16.9. The van der Waals surface area contributed by atoms with Crippen LogP contribution in [0.4, 0.5) is 5.69 Å². The highest BCUT2D eigenvalue weighted by Crippen LogP contribution is 2.55. The fourth-order valence-electron chi connectivity index (χ4n) is 6.09. The summed E-state index contributed by atoms with van der Waals surface area (Å²) < 4.78 is 25.7. The third-order valence-electron chi connectivity index (χ3n) is 6.65. The van der Waals surface area contributed by atoms with E-state index in [9.17, 15) is 13.2 Å². The van der Waals surface area contributed by atoms with Gasteiger partial charge in [-0.05, 0) is 74.8 Å². The van der Waals surface area contributed by atoms with Crippen LogP contribution in [0, 0.1) is 17.8 Å². The number of carbonyl (C=O) groups is 1. The highest BCUT2D eigenvalue weighted by molar-refractivity contribution is 7.92. The number of para-hydroxylation sites is 1. The maximum absolute atomic E-state index is 12.6. The topological polar surface area (TPSA) is 66.5 Å². The van der Waals surface area contributed by atoms with Crippen LogP contribution >= 0.6 is 0 Å². The summed E-state index contributed by atoms with van der Waals surface area (Å²) in [7, 11) is -3.36. The Labute approximate surface area is 162 Å². The molecule has 0 saturated heterocycles. The molecule has 1 N–H and O–H groups in total. The molecule has 1 aromatic rings. The molecule has 0 aromatic heterocycles. The summed E-state index contributed by atoms with van der Waals surface area (Å²) in [5, 5.41) is 3.37. The fraction of sp³-hybridized carbons (Fsp3) is 0.667. The maximum Gasteiger partial charge on any atom is 0.232 e. The Morgan fingerprint density at radius 1 is 1.07 bits per heavy atom. The molecule has 5 rings (SSSR count). The fourth-order valence-corrected chi connectivity index (χ4v) is 7.05. The van der Waals surface area contributed by atoms with Crippen molar-refractivity contribution in [2.24, 2.45) is 17.8 Å². The predicted molar refractivity (Wildman–Crippen MR) is 107 cm³/mol. The second-order valence-electron chi connectivity index (χ2n) is 9.02. The summed E-state index contributed by atoms with van der Waals surface area (Å²) in [6.07, 6.45) is 9.62. The molecule has 0 heterocycles. The summed E-state index contributed by atoms with van der Waals surface area (Å²) in [5.74, 6) is 2.49. The van der Waals surface area contributed by atoms with Gasteiger partial charge in [-0.2, -0.15) is 0 Å². The van der Waals surface area contributed by atoms with Crippen molar-refractivity contribution in [3.8, 4) is 0 Å². The van der Waals surface area contributed by atoms with Crippen LogP contribution in [0.25, 0.3) is 0 Å². The van der Waals surface area contributed by atoms with Crippen molar-refractivity contribution in [1.29, 1.82) is 0 Å². The first-order valence-corrected chi connectivity index (χ1v) is 12.0. The minimum absolute atomic E-state index is 0.0295. The van der Waals surface area contributed by atoms with E-state index in [1.165, 1.54) is 29.8 Å². The van der Waals surface area contributed by atoms with Gasteiger partial charge in [-0.1, -0.05) is 18.2 Å². The molecule has 4 aliphatic rings. The highest BCUT2D eigenvalue weighted by Gasteiger charge is 2.51. The van der Waals surface area contributed by atoms with Gasteiger partial charge in [0.2, 0.25) is 15.9 Å². The van der Waals surface area contributed by atoms with E-state index in [0.717, 1.165) is 37.0 Å². The molecule has 0 unspecified atom stereocenters. The Balaban J connectivity index is 1.33. The van der Waals surface area contributed by atoms with Crippen LogP contribution in [-0.4, -0.2) is 32.7 Å². The monoisotopic (exact) mass is 390 g/mol. The Hall–Kier alpha value is -1.56. The van der Waals surface area contributed by atoms with Gasteiger partial charge in [-0.25, -0.2) is 8.42 Å². The van der Waals surface area contributed by atoms with Crippen LogP contribution in [0.3, 0.4) is 0 Å². The zero-order valence-electron chi connectivity index (χ0n) is 16.1. The number of amides is 1. The summed E-state index contributed by atoms with van der Waals surface area (Å²) in [6.45, 7) is 0.330. The molecule has 4 fully saturated rings. The molecule has 6 heteroatoms. The minimum Gasteiger partial charge on any atom is -0.351 e. The van der Waals surface area contributed by atoms with E-state index in [2.05, 4.69) is 5.32 Å². The van der Waals surface area contributed by atoms with Gasteiger partial charge >= 0.3 is 0 Å². The molecule has 5 nitrogen and oxygen atoms in total. The Morgan fingerprint density at radius 3 is 2.15 bits per heavy atom. The third kappa shape index (κ3) is 4.15. The van der Waals surface area contributed by atoms with E-state index >= 15 is 0 Å². The van der Waals surface area contributed by atoms with Gasteiger partial charge in [0.1, 0.15) is 0 Å². The Morgan fingerprint density at radius 2 is 1.63 bits per heavy atom. The van der Waals surface area contributed by atoms with Gasteiger partial charge in [0.15, 0.2) is 0 Å². The van der Waals surface area contributed by atoms with Gasteiger partial charge in [-0.15, -0.1) is 0 Å². The van der Waals surface area contributed by atoms with Crippen LogP contribution in [0.15, 0.2) is 30.3 Å². The average molecular weight is 391 g/mol. The Kier molecular flexibility index (Phi) is 4.95. The first kappa shape index (κ1) is 18.8. The molecule has 0 spiro atoms. The van der Waals surface area contributed by atoms with E-state index in [4.69, 9.17) is 0 Å². The van der Waals surface area contributed by atoms with Crippen molar-refractivity contribution in [1.82, 2.24) is 5.32 Å². The molecule has 4 aliphatic carbocycles. The lowest BCUT2D eigenvalue weighted by Crippen LogP contribution is -2.59. The van der Waals surface area contributed by atoms with Crippen LogP contribution < -0.4 is 9.62 Å². The lowest BCUT2D eigenvalue weighted by atomic mass is 9.53. The molecule has 1 amide bonds. The summed E-state index contributed by atoms with van der Waals surface area (Å²) in [6, 6.07) is 9.09. The summed E-state index contributed by atoms with van der Waals surface area (Å²) in [5.41, 5.74) is 0.684. The van der Waals surface area contributed by atoms with Crippen molar-refractivity contribution < 1.29 is 13.2 Å². The van der Waals surface area contributed by atoms with Gasteiger partial charge in [-0.3, -0.25) is 9.10 Å². The number of anilines is 1. The van der Waals surface area contributed by atoms with Crippen molar-refractivity contribution in [2.75, 3.05) is 17.1 Å². The van der Waals surface area contributed by atoms with Crippen molar-refractivity contribution in [3.05, 3.63) is 30.3 Å². The quantitative estimate of drug-likeness (QED) is 0.777. The predicted octanol–water partition coefficient (Wildman–Crippen LogP) is 3.32. The van der Waals surface area contributed by atoms with Gasteiger partial charge in [0.05, 0.1) is 11.9 Å². The first-order valence-electron chi connectivity index (χ1n) is 10.2. The maximum atomic E-state index is 12.6. The molecule has 0 aliphatic heterocycles. The molecule has 0 radical (unpaired) electrons. The minimum atomic E-state index is -3.36. The number of hydrogen-bond donors (Lipinski definition) is 1. The third-order valence-corrected chi connectivity index (χ3v) is 7.85. The second-order valence-corrected chi connectivity index (χ2v) is 10.9. The Bertz CT molecular complexity index is 756. The second kappa shape index (κ2) is 7.12. The SMILES string of the molecule is CS(=O)(=O)N(CCCC(=O)NC12CC3CC(CC(C3)C1)C2)c1ccccc1. The highest BCUT2D eigenvalue weighted by atomic mass is 32.2. The molecule has 0 atom stereocenters. The zero-order chi connectivity index (χ0) is 19.1. The number of carbonyl (C=O) groups excluding carboxylic acids is 1. The number of nitrogens with zero attached hydrogens (tertiary/aromatic N) is 1. The largest absolute Gasteiger partial charge is 0.351 e. The van der Waals surface area contributed by atoms with Crippen molar-refractivity contribution in [3.63, 3.8) is 0 Å². The first-order chi connectivity index (χ1) is 12.8. The smallest absolute Gasteiger partial charge is 0.232 e. The summed E-state index contributed by atoms with van der Waals surface area (Å²) in [4.78, 5) is 12.6. The number of sulfonamides is 1. The standard InChI is InChI=1S/C21H30N2O3S/c1-27(25,26)23(19-6-3-2-4-7-19)9-5-8-20(24)22-21-13-16-10-17(14-21)12-18(11-16)15-21/h2-4,6-7,16-18H,5,8-15H2,1H3,(H,22,24).